The van der Waals surface area contributed by atoms with Gasteiger partial charge in [0.1, 0.15) is 0 Å². The molecule has 1 aliphatic heterocycles. The fourth-order valence-electron chi connectivity index (χ4n) is 3.86. The molecule has 27 heavy (non-hydrogen) atoms. The summed E-state index contributed by atoms with van der Waals surface area (Å²) < 4.78 is 16.8. The summed E-state index contributed by atoms with van der Waals surface area (Å²) in [6.07, 6.45) is 7.06. The van der Waals surface area contributed by atoms with Crippen molar-refractivity contribution < 1.29 is 14.2 Å². The quantitative estimate of drug-likeness (QED) is 0.560. The Morgan fingerprint density at radius 1 is 1.15 bits per heavy atom. The van der Waals surface area contributed by atoms with Gasteiger partial charge in [0.15, 0.2) is 17.5 Å². The fraction of sp³-hybridized carbons (Fsp3) is 0.667. The van der Waals surface area contributed by atoms with Gasteiger partial charge < -0.3 is 24.8 Å². The largest absolute Gasteiger partial charge is 0.490 e. The van der Waals surface area contributed by atoms with Crippen LogP contribution in [0.25, 0.3) is 0 Å². The van der Waals surface area contributed by atoms with E-state index < -0.39 is 0 Å². The maximum atomic E-state index is 5.79. The highest BCUT2D eigenvalue weighted by molar-refractivity contribution is 5.94. The predicted molar refractivity (Wildman–Crippen MR) is 109 cm³/mol. The van der Waals surface area contributed by atoms with Crippen LogP contribution < -0.4 is 20.1 Å². The third-order valence-corrected chi connectivity index (χ3v) is 5.43. The molecule has 0 bridgehead atoms. The Labute approximate surface area is 162 Å². The number of nitrogens with one attached hydrogen (secondary N) is 2. The SMILES string of the molecule is CCNC(=NCC1(CCOC)CCCC1)Nc1ccc2c(c1)OCCCO2. The number of benzene rings is 1. The number of nitrogens with zero attached hydrogens (tertiary/aromatic N) is 1. The predicted octanol–water partition coefficient (Wildman–Crippen LogP) is 3.82. The second kappa shape index (κ2) is 9.83. The van der Waals surface area contributed by atoms with Gasteiger partial charge in [-0.05, 0) is 43.7 Å². The van der Waals surface area contributed by atoms with Crippen molar-refractivity contribution in [2.75, 3.05) is 45.3 Å². The van der Waals surface area contributed by atoms with Gasteiger partial charge in [0.2, 0.25) is 0 Å². The first kappa shape index (κ1) is 19.8. The van der Waals surface area contributed by atoms with Crippen molar-refractivity contribution in [1.82, 2.24) is 5.32 Å². The number of ether oxygens (including phenoxy) is 3. The van der Waals surface area contributed by atoms with Gasteiger partial charge in [0.05, 0.1) is 13.2 Å². The number of hydrogen-bond donors (Lipinski definition) is 2. The van der Waals surface area contributed by atoms with Crippen LogP contribution >= 0.6 is 0 Å². The normalized spacial score (nSPS) is 18.8. The number of aliphatic imine (C=N–C) groups is 1. The van der Waals surface area contributed by atoms with E-state index in [9.17, 15) is 0 Å². The highest BCUT2D eigenvalue weighted by Gasteiger charge is 2.33. The maximum Gasteiger partial charge on any atom is 0.195 e. The van der Waals surface area contributed by atoms with Crippen molar-refractivity contribution in [3.63, 3.8) is 0 Å². The number of rotatable bonds is 7. The molecule has 2 N–H and O–H groups in total. The Kier molecular flexibility index (Phi) is 7.21. The summed E-state index contributed by atoms with van der Waals surface area (Å²) in [4.78, 5) is 4.91. The Balaban J connectivity index is 1.69. The lowest BCUT2D eigenvalue weighted by atomic mass is 9.83. The molecule has 1 saturated carbocycles. The topological polar surface area (TPSA) is 64.1 Å². The van der Waals surface area contributed by atoms with Gasteiger partial charge in [-0.1, -0.05) is 12.8 Å². The minimum atomic E-state index is 0.281. The van der Waals surface area contributed by atoms with Crippen molar-refractivity contribution in [2.24, 2.45) is 10.4 Å². The van der Waals surface area contributed by atoms with Gasteiger partial charge in [-0.25, -0.2) is 0 Å². The van der Waals surface area contributed by atoms with E-state index in [1.165, 1.54) is 25.7 Å². The molecule has 1 fully saturated rings. The number of anilines is 1. The summed E-state index contributed by atoms with van der Waals surface area (Å²) in [7, 11) is 1.78. The standard InChI is InChI=1S/C21H33N3O3/c1-3-22-20(23-16-21(11-14-25-2)9-4-5-10-21)24-17-7-8-18-19(15-17)27-13-6-12-26-18/h7-8,15H,3-6,9-14,16H2,1-2H3,(H2,22,23,24). The minimum Gasteiger partial charge on any atom is -0.490 e. The fourth-order valence-corrected chi connectivity index (χ4v) is 3.86. The van der Waals surface area contributed by atoms with E-state index in [1.54, 1.807) is 7.11 Å². The molecule has 1 aromatic rings. The van der Waals surface area contributed by atoms with Crippen LogP contribution in [0.3, 0.4) is 0 Å². The van der Waals surface area contributed by atoms with E-state index in [2.05, 4.69) is 17.6 Å². The molecular weight excluding hydrogens is 342 g/mol. The molecule has 2 aliphatic rings. The third-order valence-electron chi connectivity index (χ3n) is 5.43. The number of guanidine groups is 1. The van der Waals surface area contributed by atoms with E-state index >= 15 is 0 Å². The highest BCUT2D eigenvalue weighted by atomic mass is 16.5. The van der Waals surface area contributed by atoms with Crippen LogP contribution in [0.1, 0.15) is 45.4 Å². The molecule has 6 nitrogen and oxygen atoms in total. The Morgan fingerprint density at radius 2 is 1.93 bits per heavy atom. The van der Waals surface area contributed by atoms with Gasteiger partial charge in [-0.15, -0.1) is 0 Å². The Morgan fingerprint density at radius 3 is 2.67 bits per heavy atom. The Hall–Kier alpha value is -1.95. The second-order valence-corrected chi connectivity index (χ2v) is 7.48. The van der Waals surface area contributed by atoms with Crippen LogP contribution in [0, 0.1) is 5.41 Å². The zero-order valence-electron chi connectivity index (χ0n) is 16.7. The number of methoxy groups -OCH3 is 1. The molecule has 0 aromatic heterocycles. The van der Waals surface area contributed by atoms with Crippen LogP contribution in [0.15, 0.2) is 23.2 Å². The van der Waals surface area contributed by atoms with E-state index in [-0.39, 0.29) is 5.41 Å². The molecule has 150 valence electrons. The van der Waals surface area contributed by atoms with Gasteiger partial charge in [-0.2, -0.15) is 0 Å². The summed E-state index contributed by atoms with van der Waals surface area (Å²) in [6, 6.07) is 5.96. The smallest absolute Gasteiger partial charge is 0.195 e. The molecule has 0 spiro atoms. The molecule has 1 aliphatic carbocycles. The Bertz CT molecular complexity index is 627. The van der Waals surface area contributed by atoms with Crippen molar-refractivity contribution >= 4 is 11.6 Å². The van der Waals surface area contributed by atoms with E-state index in [1.807, 2.05) is 18.2 Å². The summed E-state index contributed by atoms with van der Waals surface area (Å²) in [6.45, 7) is 5.93. The van der Waals surface area contributed by atoms with Gasteiger partial charge >= 0.3 is 0 Å². The van der Waals surface area contributed by atoms with Crippen LogP contribution in [0.2, 0.25) is 0 Å². The van der Waals surface area contributed by atoms with E-state index in [0.29, 0.717) is 13.2 Å². The molecule has 0 amide bonds. The molecule has 0 unspecified atom stereocenters. The summed E-state index contributed by atoms with van der Waals surface area (Å²) >= 11 is 0. The van der Waals surface area contributed by atoms with E-state index in [0.717, 1.165) is 55.7 Å². The average molecular weight is 376 g/mol. The molecule has 0 atom stereocenters. The molecule has 1 heterocycles. The number of fused-ring (bicyclic) bond motifs is 1. The lowest BCUT2D eigenvalue weighted by molar-refractivity contribution is 0.141. The van der Waals surface area contributed by atoms with Crippen molar-refractivity contribution in [3.05, 3.63) is 18.2 Å². The molecule has 0 saturated heterocycles. The minimum absolute atomic E-state index is 0.281. The summed E-state index contributed by atoms with van der Waals surface area (Å²) in [5.74, 6) is 2.42. The van der Waals surface area contributed by atoms with E-state index in [4.69, 9.17) is 19.2 Å². The molecule has 6 heteroatoms. The van der Waals surface area contributed by atoms with Gasteiger partial charge in [0, 0.05) is 45.0 Å². The first-order valence-electron chi connectivity index (χ1n) is 10.2. The highest BCUT2D eigenvalue weighted by Crippen LogP contribution is 2.41. The lowest BCUT2D eigenvalue weighted by Crippen LogP contribution is -2.33. The van der Waals surface area contributed by atoms with Crippen LogP contribution in [-0.4, -0.2) is 46.0 Å². The average Bonchev–Trinajstić information content (AvgIpc) is 3.02. The molecular formula is C21H33N3O3. The van der Waals surface area contributed by atoms with Gasteiger partial charge in [0.25, 0.3) is 0 Å². The van der Waals surface area contributed by atoms with Crippen LogP contribution in [0.5, 0.6) is 11.5 Å². The summed E-state index contributed by atoms with van der Waals surface area (Å²) in [5, 5.41) is 6.78. The molecule has 3 rings (SSSR count). The summed E-state index contributed by atoms with van der Waals surface area (Å²) in [5.41, 5.74) is 1.24. The lowest BCUT2D eigenvalue weighted by Gasteiger charge is -2.27. The van der Waals surface area contributed by atoms with Crippen LogP contribution in [-0.2, 0) is 4.74 Å². The monoisotopic (exact) mass is 375 g/mol. The molecule has 0 radical (unpaired) electrons. The third kappa shape index (κ3) is 5.51. The molecule has 1 aromatic carbocycles. The van der Waals surface area contributed by atoms with Crippen LogP contribution in [0.4, 0.5) is 5.69 Å². The first-order chi connectivity index (χ1) is 13.2. The zero-order valence-corrected chi connectivity index (χ0v) is 16.7. The van der Waals surface area contributed by atoms with Crippen molar-refractivity contribution in [1.29, 1.82) is 0 Å². The second-order valence-electron chi connectivity index (χ2n) is 7.48. The number of hydrogen-bond acceptors (Lipinski definition) is 4. The first-order valence-corrected chi connectivity index (χ1v) is 10.2. The zero-order chi connectivity index (χ0) is 19.0. The maximum absolute atomic E-state index is 5.79. The van der Waals surface area contributed by atoms with Gasteiger partial charge in [-0.3, -0.25) is 4.99 Å². The van der Waals surface area contributed by atoms with Crippen molar-refractivity contribution in [2.45, 2.75) is 45.4 Å². The van der Waals surface area contributed by atoms with Crippen molar-refractivity contribution in [3.8, 4) is 11.5 Å².